The van der Waals surface area contributed by atoms with Crippen molar-refractivity contribution in [1.82, 2.24) is 9.80 Å². The number of likely N-dealkylation sites (tertiary alicyclic amines) is 1. The molecule has 2 heterocycles. The molecule has 0 bridgehead atoms. The van der Waals surface area contributed by atoms with Crippen LogP contribution in [0.25, 0.3) is 0 Å². The van der Waals surface area contributed by atoms with Gasteiger partial charge in [-0.2, -0.15) is 0 Å². The summed E-state index contributed by atoms with van der Waals surface area (Å²) in [7, 11) is 0. The molecule has 0 aromatic heterocycles. The van der Waals surface area contributed by atoms with Crippen LogP contribution in [0.2, 0.25) is 0 Å². The van der Waals surface area contributed by atoms with E-state index in [0.29, 0.717) is 19.0 Å². The number of piperidine rings is 1. The summed E-state index contributed by atoms with van der Waals surface area (Å²) in [5.41, 5.74) is 1.21. The molecule has 1 aromatic rings. The maximum Gasteiger partial charge on any atom is 0.303 e. The summed E-state index contributed by atoms with van der Waals surface area (Å²) in [5, 5.41) is 9.51. The van der Waals surface area contributed by atoms with E-state index in [1.54, 1.807) is 0 Å². The molecule has 1 aromatic carbocycles. The third-order valence-corrected chi connectivity index (χ3v) is 8.03. The smallest absolute Gasteiger partial charge is 0.303 e. The number of amides is 1. The Bertz CT molecular complexity index is 777. The highest BCUT2D eigenvalue weighted by atomic mass is 16.5. The Labute approximate surface area is 204 Å². The minimum atomic E-state index is -0.724. The van der Waals surface area contributed by atoms with Crippen LogP contribution < -0.4 is 4.90 Å². The molecule has 1 aliphatic carbocycles. The van der Waals surface area contributed by atoms with E-state index in [9.17, 15) is 14.7 Å². The van der Waals surface area contributed by atoms with Crippen LogP contribution in [0, 0.1) is 17.8 Å². The highest BCUT2D eigenvalue weighted by Gasteiger charge is 2.35. The fraction of sp³-hybridized carbons (Fsp3) is 0.704. The van der Waals surface area contributed by atoms with E-state index in [1.807, 2.05) is 6.07 Å². The first-order valence-corrected chi connectivity index (χ1v) is 13.2. The first kappa shape index (κ1) is 25.0. The van der Waals surface area contributed by atoms with Gasteiger partial charge in [-0.3, -0.25) is 14.5 Å². The third-order valence-electron chi connectivity index (χ3n) is 8.03. The quantitative estimate of drug-likeness (QED) is 0.564. The van der Waals surface area contributed by atoms with Crippen molar-refractivity contribution < 1.29 is 19.4 Å². The number of nitrogens with zero attached hydrogens (tertiary/aromatic N) is 3. The molecule has 1 N–H and O–H groups in total. The van der Waals surface area contributed by atoms with Crippen LogP contribution in [0.4, 0.5) is 5.69 Å². The minimum absolute atomic E-state index is 0.141. The van der Waals surface area contributed by atoms with Crippen molar-refractivity contribution in [1.29, 1.82) is 0 Å². The monoisotopic (exact) mass is 471 g/mol. The minimum Gasteiger partial charge on any atom is -0.481 e. The maximum absolute atomic E-state index is 13.1. The zero-order chi connectivity index (χ0) is 23.8. The van der Waals surface area contributed by atoms with Crippen LogP contribution in [-0.2, 0) is 14.3 Å². The fourth-order valence-corrected chi connectivity index (χ4v) is 5.95. The van der Waals surface area contributed by atoms with Gasteiger partial charge in [-0.15, -0.1) is 0 Å². The van der Waals surface area contributed by atoms with E-state index in [1.165, 1.54) is 5.69 Å². The molecule has 188 valence electrons. The van der Waals surface area contributed by atoms with E-state index in [-0.39, 0.29) is 24.2 Å². The van der Waals surface area contributed by atoms with E-state index >= 15 is 0 Å². The number of hydrogen-bond acceptors (Lipinski definition) is 5. The Kier molecular flexibility index (Phi) is 9.22. The van der Waals surface area contributed by atoms with Gasteiger partial charge in [-0.1, -0.05) is 31.0 Å². The first-order valence-electron chi connectivity index (χ1n) is 13.2. The predicted octanol–water partition coefficient (Wildman–Crippen LogP) is 3.34. The Morgan fingerprint density at radius 1 is 0.971 bits per heavy atom. The van der Waals surface area contributed by atoms with Crippen molar-refractivity contribution in [3.8, 4) is 0 Å². The number of ether oxygens (including phenoxy) is 1. The molecule has 3 fully saturated rings. The largest absolute Gasteiger partial charge is 0.481 e. The Morgan fingerprint density at radius 2 is 1.71 bits per heavy atom. The highest BCUT2D eigenvalue weighted by molar-refractivity contribution is 5.79. The second-order valence-electron chi connectivity index (χ2n) is 10.2. The molecular weight excluding hydrogens is 430 g/mol. The number of rotatable bonds is 10. The second-order valence-corrected chi connectivity index (χ2v) is 10.2. The van der Waals surface area contributed by atoms with Gasteiger partial charge in [0, 0.05) is 63.8 Å². The van der Waals surface area contributed by atoms with Gasteiger partial charge < -0.3 is 19.6 Å². The van der Waals surface area contributed by atoms with Crippen molar-refractivity contribution in [3.63, 3.8) is 0 Å². The molecule has 7 nitrogen and oxygen atoms in total. The predicted molar refractivity (Wildman–Crippen MR) is 133 cm³/mol. The van der Waals surface area contributed by atoms with Crippen LogP contribution >= 0.6 is 0 Å². The lowest BCUT2D eigenvalue weighted by atomic mass is 9.80. The molecule has 1 amide bonds. The lowest BCUT2D eigenvalue weighted by molar-refractivity contribution is -0.141. The SMILES string of the molecule is O=C(O)C[C@@H]1CCN(C(=O)C2CCCC2)C[C@@H]1CCN(CCN1CCOCC1)c1ccccc1. The molecule has 3 aliphatic rings. The average molecular weight is 472 g/mol. The number of hydrogen-bond donors (Lipinski definition) is 1. The molecular formula is C27H41N3O4. The Hall–Kier alpha value is -2.12. The van der Waals surface area contributed by atoms with Crippen molar-refractivity contribution in [2.75, 3.05) is 63.9 Å². The standard InChI is InChI=1S/C27H41N3O4/c31-26(32)20-23-10-13-30(27(33)22-6-4-5-7-22)21-24(23)11-12-29(25-8-2-1-3-9-25)15-14-28-16-18-34-19-17-28/h1-3,8-9,22-24H,4-7,10-21H2,(H,31,32)/t23-,24-/m0/s1. The molecule has 7 heteroatoms. The normalized spacial score (nSPS) is 24.3. The first-order chi connectivity index (χ1) is 16.6. The van der Waals surface area contributed by atoms with Gasteiger partial charge in [0.05, 0.1) is 13.2 Å². The molecule has 0 spiro atoms. The topological polar surface area (TPSA) is 73.3 Å². The van der Waals surface area contributed by atoms with Crippen LogP contribution in [0.1, 0.15) is 44.9 Å². The fourth-order valence-electron chi connectivity index (χ4n) is 5.95. The summed E-state index contributed by atoms with van der Waals surface area (Å²) >= 11 is 0. The van der Waals surface area contributed by atoms with Crippen LogP contribution in [0.3, 0.4) is 0 Å². The lowest BCUT2D eigenvalue weighted by Gasteiger charge is -2.40. The van der Waals surface area contributed by atoms with E-state index in [0.717, 1.165) is 84.5 Å². The summed E-state index contributed by atoms with van der Waals surface area (Å²) in [4.78, 5) is 31.6. The number of aliphatic carboxylic acids is 1. The molecule has 2 saturated heterocycles. The summed E-state index contributed by atoms with van der Waals surface area (Å²) in [6, 6.07) is 10.5. The van der Waals surface area contributed by atoms with Gasteiger partial charge in [0.15, 0.2) is 0 Å². The van der Waals surface area contributed by atoms with Crippen molar-refractivity contribution in [3.05, 3.63) is 30.3 Å². The van der Waals surface area contributed by atoms with Gasteiger partial charge in [0.2, 0.25) is 5.91 Å². The van der Waals surface area contributed by atoms with Gasteiger partial charge in [0.25, 0.3) is 0 Å². The Morgan fingerprint density at radius 3 is 2.41 bits per heavy atom. The summed E-state index contributed by atoms with van der Waals surface area (Å²) in [6.07, 6.45) is 6.26. The van der Waals surface area contributed by atoms with Gasteiger partial charge in [-0.05, 0) is 49.7 Å². The maximum atomic E-state index is 13.1. The van der Waals surface area contributed by atoms with Crippen LogP contribution in [0.5, 0.6) is 0 Å². The van der Waals surface area contributed by atoms with Crippen LogP contribution in [0.15, 0.2) is 30.3 Å². The van der Waals surface area contributed by atoms with E-state index in [2.05, 4.69) is 39.0 Å². The number of carbonyl (C=O) groups excluding carboxylic acids is 1. The third kappa shape index (κ3) is 6.95. The molecule has 4 rings (SSSR count). The number of carboxylic acid groups (broad SMARTS) is 1. The molecule has 0 unspecified atom stereocenters. The zero-order valence-corrected chi connectivity index (χ0v) is 20.4. The highest BCUT2D eigenvalue weighted by Crippen LogP contribution is 2.33. The number of morpholine rings is 1. The molecule has 0 radical (unpaired) electrons. The summed E-state index contributed by atoms with van der Waals surface area (Å²) in [5.74, 6) is 0.138. The number of para-hydroxylation sites is 1. The van der Waals surface area contributed by atoms with E-state index in [4.69, 9.17) is 4.74 Å². The summed E-state index contributed by atoms with van der Waals surface area (Å²) in [6.45, 7) is 7.78. The second kappa shape index (κ2) is 12.5. The molecule has 34 heavy (non-hydrogen) atoms. The molecule has 2 atom stereocenters. The molecule has 1 saturated carbocycles. The number of benzene rings is 1. The van der Waals surface area contributed by atoms with Crippen molar-refractivity contribution >= 4 is 17.6 Å². The van der Waals surface area contributed by atoms with Gasteiger partial charge in [-0.25, -0.2) is 0 Å². The van der Waals surface area contributed by atoms with Gasteiger partial charge in [0.1, 0.15) is 0 Å². The molecule has 2 aliphatic heterocycles. The number of carbonyl (C=O) groups is 2. The average Bonchev–Trinajstić information content (AvgIpc) is 3.40. The number of anilines is 1. The van der Waals surface area contributed by atoms with Crippen molar-refractivity contribution in [2.24, 2.45) is 17.8 Å². The van der Waals surface area contributed by atoms with E-state index < -0.39 is 5.97 Å². The van der Waals surface area contributed by atoms with Crippen LogP contribution in [-0.4, -0.2) is 85.8 Å². The Balaban J connectivity index is 1.40. The zero-order valence-electron chi connectivity index (χ0n) is 20.4. The number of carboxylic acids is 1. The summed E-state index contributed by atoms with van der Waals surface area (Å²) < 4.78 is 5.49. The lowest BCUT2D eigenvalue weighted by Crippen LogP contribution is -2.47. The van der Waals surface area contributed by atoms with Crippen molar-refractivity contribution in [2.45, 2.75) is 44.9 Å². The van der Waals surface area contributed by atoms with Gasteiger partial charge >= 0.3 is 5.97 Å².